The van der Waals surface area contributed by atoms with E-state index in [2.05, 4.69) is 75.4 Å². The first kappa shape index (κ1) is 14.1. The Morgan fingerprint density at radius 3 is 2.53 bits per heavy atom. The lowest BCUT2D eigenvalue weighted by Crippen LogP contribution is -2.49. The van der Waals surface area contributed by atoms with Crippen LogP contribution in [0.1, 0.15) is 40.2 Å². The fourth-order valence-corrected chi connectivity index (χ4v) is 2.48. The molecule has 2 rings (SSSR count). The van der Waals surface area contributed by atoms with Gasteiger partial charge in [-0.15, -0.1) is 0 Å². The van der Waals surface area contributed by atoms with E-state index in [4.69, 9.17) is 0 Å². The molecule has 0 saturated carbocycles. The van der Waals surface area contributed by atoms with E-state index in [1.165, 1.54) is 16.5 Å². The number of nitrogens with one attached hydrogen (secondary N) is 2. The van der Waals surface area contributed by atoms with Crippen molar-refractivity contribution in [3.63, 3.8) is 0 Å². The Balaban J connectivity index is 2.09. The van der Waals surface area contributed by atoms with Gasteiger partial charge >= 0.3 is 0 Å². The molecule has 1 aromatic carbocycles. The van der Waals surface area contributed by atoms with E-state index < -0.39 is 0 Å². The third kappa shape index (κ3) is 3.19. The predicted octanol–water partition coefficient (Wildman–Crippen LogP) is 4.12. The van der Waals surface area contributed by atoms with Crippen LogP contribution in [0.2, 0.25) is 0 Å². The maximum Gasteiger partial charge on any atom is 0.0456 e. The number of H-pyrrole nitrogens is 1. The van der Waals surface area contributed by atoms with Crippen LogP contribution in [0.25, 0.3) is 10.9 Å². The summed E-state index contributed by atoms with van der Waals surface area (Å²) in [5.41, 5.74) is 2.80. The van der Waals surface area contributed by atoms with Crippen molar-refractivity contribution in [2.75, 3.05) is 0 Å². The zero-order valence-electron chi connectivity index (χ0n) is 12.7. The molecule has 0 aliphatic rings. The van der Waals surface area contributed by atoms with Gasteiger partial charge in [0.1, 0.15) is 0 Å². The van der Waals surface area contributed by atoms with Crippen LogP contribution in [0.4, 0.5) is 0 Å². The maximum atomic E-state index is 3.74. The van der Waals surface area contributed by atoms with Crippen LogP contribution in [0, 0.1) is 5.92 Å². The molecule has 1 aromatic heterocycles. The van der Waals surface area contributed by atoms with E-state index in [1.54, 1.807) is 0 Å². The summed E-state index contributed by atoms with van der Waals surface area (Å²) < 4.78 is 0. The maximum absolute atomic E-state index is 3.74. The van der Waals surface area contributed by atoms with Gasteiger partial charge in [-0.25, -0.2) is 0 Å². The standard InChI is InChI=1S/C17H26N2/c1-12(2)17(4,5)19-13(3)10-14-11-18-16-9-7-6-8-15(14)16/h6-9,11-13,18-19H,10H2,1-5H3/t13-/m1/s1. The molecule has 104 valence electrons. The third-order valence-electron chi connectivity index (χ3n) is 4.26. The molecule has 2 N–H and O–H groups in total. The Morgan fingerprint density at radius 2 is 1.84 bits per heavy atom. The Labute approximate surface area is 116 Å². The van der Waals surface area contributed by atoms with Crippen molar-refractivity contribution in [3.05, 3.63) is 36.0 Å². The summed E-state index contributed by atoms with van der Waals surface area (Å²) in [4.78, 5) is 3.35. The molecule has 0 radical (unpaired) electrons. The Hall–Kier alpha value is -1.28. The highest BCUT2D eigenvalue weighted by atomic mass is 15.0. The Kier molecular flexibility index (Phi) is 4.00. The molecule has 0 aliphatic heterocycles. The minimum absolute atomic E-state index is 0.172. The molecular weight excluding hydrogens is 232 g/mol. The number of fused-ring (bicyclic) bond motifs is 1. The fourth-order valence-electron chi connectivity index (χ4n) is 2.48. The van der Waals surface area contributed by atoms with Crippen molar-refractivity contribution in [2.45, 2.75) is 52.6 Å². The smallest absolute Gasteiger partial charge is 0.0456 e. The normalized spacial score (nSPS) is 14.2. The number of aromatic amines is 1. The molecule has 0 spiro atoms. The first-order chi connectivity index (χ1) is 8.90. The SMILES string of the molecule is CC(C)C(C)(C)N[C@H](C)Cc1c[nH]c2ccccc12. The zero-order valence-corrected chi connectivity index (χ0v) is 12.7. The second-order valence-corrected chi connectivity index (χ2v) is 6.49. The quantitative estimate of drug-likeness (QED) is 0.829. The van der Waals surface area contributed by atoms with Crippen molar-refractivity contribution in [1.29, 1.82) is 0 Å². The molecule has 19 heavy (non-hydrogen) atoms. The largest absolute Gasteiger partial charge is 0.361 e. The summed E-state index contributed by atoms with van der Waals surface area (Å²) >= 11 is 0. The van der Waals surface area contributed by atoms with Crippen LogP contribution in [0.3, 0.4) is 0 Å². The van der Waals surface area contributed by atoms with Crippen molar-refractivity contribution in [3.8, 4) is 0 Å². The second-order valence-electron chi connectivity index (χ2n) is 6.49. The van der Waals surface area contributed by atoms with E-state index >= 15 is 0 Å². The molecule has 0 bridgehead atoms. The molecule has 2 aromatic rings. The lowest BCUT2D eigenvalue weighted by atomic mass is 9.89. The molecule has 2 heteroatoms. The van der Waals surface area contributed by atoms with Gasteiger partial charge < -0.3 is 10.3 Å². The highest BCUT2D eigenvalue weighted by molar-refractivity contribution is 5.83. The van der Waals surface area contributed by atoms with Gasteiger partial charge in [0.25, 0.3) is 0 Å². The number of aromatic nitrogens is 1. The van der Waals surface area contributed by atoms with Gasteiger partial charge in [-0.05, 0) is 44.7 Å². The molecular formula is C17H26N2. The molecule has 0 saturated heterocycles. The van der Waals surface area contributed by atoms with Gasteiger partial charge in [0.05, 0.1) is 0 Å². The summed E-state index contributed by atoms with van der Waals surface area (Å²) in [6.45, 7) is 11.4. The Morgan fingerprint density at radius 1 is 1.16 bits per heavy atom. The fraction of sp³-hybridized carbons (Fsp3) is 0.529. The van der Waals surface area contributed by atoms with Gasteiger partial charge in [0.15, 0.2) is 0 Å². The summed E-state index contributed by atoms with van der Waals surface area (Å²) in [6.07, 6.45) is 3.20. The van der Waals surface area contributed by atoms with E-state index in [1.807, 2.05) is 0 Å². The molecule has 0 fully saturated rings. The van der Waals surface area contributed by atoms with Gasteiger partial charge in [-0.1, -0.05) is 32.0 Å². The lowest BCUT2D eigenvalue weighted by molar-refractivity contribution is 0.260. The number of hydrogen-bond acceptors (Lipinski definition) is 1. The van der Waals surface area contributed by atoms with Gasteiger partial charge in [-0.3, -0.25) is 0 Å². The third-order valence-corrected chi connectivity index (χ3v) is 4.26. The number of benzene rings is 1. The number of hydrogen-bond donors (Lipinski definition) is 2. The monoisotopic (exact) mass is 258 g/mol. The molecule has 1 heterocycles. The zero-order chi connectivity index (χ0) is 14.0. The van der Waals surface area contributed by atoms with Crippen molar-refractivity contribution in [1.82, 2.24) is 10.3 Å². The van der Waals surface area contributed by atoms with E-state index in [9.17, 15) is 0 Å². The van der Waals surface area contributed by atoms with Crippen LogP contribution < -0.4 is 5.32 Å². The highest BCUT2D eigenvalue weighted by Crippen LogP contribution is 2.21. The first-order valence-corrected chi connectivity index (χ1v) is 7.23. The van der Waals surface area contributed by atoms with Crippen LogP contribution >= 0.6 is 0 Å². The minimum Gasteiger partial charge on any atom is -0.361 e. The molecule has 0 aliphatic carbocycles. The van der Waals surface area contributed by atoms with Crippen LogP contribution in [0.15, 0.2) is 30.5 Å². The van der Waals surface area contributed by atoms with E-state index in [-0.39, 0.29) is 5.54 Å². The molecule has 0 amide bonds. The van der Waals surface area contributed by atoms with E-state index in [0.717, 1.165) is 6.42 Å². The van der Waals surface area contributed by atoms with Gasteiger partial charge in [-0.2, -0.15) is 0 Å². The summed E-state index contributed by atoms with van der Waals surface area (Å²) in [7, 11) is 0. The molecule has 1 atom stereocenters. The summed E-state index contributed by atoms with van der Waals surface area (Å²) in [6, 6.07) is 8.98. The average molecular weight is 258 g/mol. The molecule has 0 unspecified atom stereocenters. The number of para-hydroxylation sites is 1. The van der Waals surface area contributed by atoms with Crippen molar-refractivity contribution < 1.29 is 0 Å². The first-order valence-electron chi connectivity index (χ1n) is 7.23. The van der Waals surface area contributed by atoms with Crippen molar-refractivity contribution in [2.24, 2.45) is 5.92 Å². The van der Waals surface area contributed by atoms with Gasteiger partial charge in [0.2, 0.25) is 0 Å². The topological polar surface area (TPSA) is 27.8 Å². The predicted molar refractivity (Wildman–Crippen MR) is 83.5 cm³/mol. The number of rotatable bonds is 5. The van der Waals surface area contributed by atoms with Crippen LogP contribution in [-0.2, 0) is 6.42 Å². The average Bonchev–Trinajstić information content (AvgIpc) is 2.72. The summed E-state index contributed by atoms with van der Waals surface area (Å²) in [5, 5.41) is 5.09. The second kappa shape index (κ2) is 5.38. The lowest BCUT2D eigenvalue weighted by Gasteiger charge is -2.34. The van der Waals surface area contributed by atoms with Crippen molar-refractivity contribution >= 4 is 10.9 Å². The van der Waals surface area contributed by atoms with Crippen LogP contribution in [0.5, 0.6) is 0 Å². The minimum atomic E-state index is 0.172. The summed E-state index contributed by atoms with van der Waals surface area (Å²) in [5.74, 6) is 0.623. The molecule has 2 nitrogen and oxygen atoms in total. The van der Waals surface area contributed by atoms with Crippen LogP contribution in [-0.4, -0.2) is 16.6 Å². The highest BCUT2D eigenvalue weighted by Gasteiger charge is 2.24. The Bertz CT molecular complexity index is 537. The van der Waals surface area contributed by atoms with Gasteiger partial charge in [0, 0.05) is 28.7 Å². The van der Waals surface area contributed by atoms with E-state index in [0.29, 0.717) is 12.0 Å².